The topological polar surface area (TPSA) is 47.3 Å². The van der Waals surface area contributed by atoms with E-state index in [0.717, 1.165) is 12.8 Å². The molecule has 1 aliphatic carbocycles. The highest BCUT2D eigenvalue weighted by atomic mass is 79.9. The molecule has 1 atom stereocenters. The van der Waals surface area contributed by atoms with Crippen LogP contribution in [0.2, 0.25) is 0 Å². The Bertz CT molecular complexity index is 505. The first kappa shape index (κ1) is 16.8. The van der Waals surface area contributed by atoms with Crippen LogP contribution in [0, 0.1) is 17.6 Å². The van der Waals surface area contributed by atoms with Gasteiger partial charge in [0.2, 0.25) is 0 Å². The smallest absolute Gasteiger partial charge is 0.145 e. The molecule has 6 heteroatoms. The second-order valence-corrected chi connectivity index (χ2v) is 6.66. The maximum atomic E-state index is 14.4. The van der Waals surface area contributed by atoms with Crippen molar-refractivity contribution in [1.82, 2.24) is 5.43 Å². The van der Waals surface area contributed by atoms with Crippen LogP contribution >= 0.6 is 15.9 Å². The van der Waals surface area contributed by atoms with E-state index in [2.05, 4.69) is 28.3 Å². The number of hydrogen-bond donors (Lipinski definition) is 2. The highest BCUT2D eigenvalue weighted by Crippen LogP contribution is 2.44. The molecule has 1 fully saturated rings. The first-order valence-electron chi connectivity index (χ1n) is 7.10. The van der Waals surface area contributed by atoms with Gasteiger partial charge < -0.3 is 4.74 Å². The van der Waals surface area contributed by atoms with Crippen molar-refractivity contribution in [2.24, 2.45) is 11.8 Å². The van der Waals surface area contributed by atoms with Crippen LogP contribution in [0.15, 0.2) is 16.6 Å². The van der Waals surface area contributed by atoms with Crippen LogP contribution in [-0.4, -0.2) is 12.7 Å². The zero-order valence-corrected chi connectivity index (χ0v) is 13.8. The van der Waals surface area contributed by atoms with Crippen LogP contribution < -0.4 is 11.3 Å². The Morgan fingerprint density at radius 1 is 1.38 bits per heavy atom. The second kappa shape index (κ2) is 6.69. The molecule has 1 saturated carbocycles. The van der Waals surface area contributed by atoms with Crippen LogP contribution in [-0.2, 0) is 4.74 Å². The van der Waals surface area contributed by atoms with E-state index in [0.29, 0.717) is 18.8 Å². The van der Waals surface area contributed by atoms with Gasteiger partial charge in [0.15, 0.2) is 0 Å². The molecule has 0 spiro atoms. The van der Waals surface area contributed by atoms with E-state index in [1.165, 1.54) is 12.1 Å². The fourth-order valence-corrected chi connectivity index (χ4v) is 3.51. The third kappa shape index (κ3) is 3.13. The number of methoxy groups -OCH3 is 1. The van der Waals surface area contributed by atoms with E-state index in [4.69, 9.17) is 10.6 Å². The molecule has 0 amide bonds. The SMILES string of the molecule is COC1(C(NN)c2c(F)ccc(Br)c2F)CCC(C)CC1. The molecule has 3 nitrogen and oxygen atoms in total. The van der Waals surface area contributed by atoms with Gasteiger partial charge in [0.1, 0.15) is 11.6 Å². The highest BCUT2D eigenvalue weighted by Gasteiger charge is 2.44. The molecule has 1 aliphatic rings. The summed E-state index contributed by atoms with van der Waals surface area (Å²) in [5, 5.41) is 0. The predicted molar refractivity (Wildman–Crippen MR) is 81.5 cm³/mol. The highest BCUT2D eigenvalue weighted by molar-refractivity contribution is 9.10. The van der Waals surface area contributed by atoms with Crippen molar-refractivity contribution in [3.05, 3.63) is 33.8 Å². The molecule has 0 radical (unpaired) electrons. The molecule has 118 valence electrons. The molecule has 2 rings (SSSR count). The average Bonchev–Trinajstić information content (AvgIpc) is 2.49. The van der Waals surface area contributed by atoms with E-state index < -0.39 is 23.3 Å². The first-order chi connectivity index (χ1) is 9.95. The molecule has 0 heterocycles. The van der Waals surface area contributed by atoms with Crippen molar-refractivity contribution in [2.75, 3.05) is 7.11 Å². The van der Waals surface area contributed by atoms with Gasteiger partial charge in [-0.25, -0.2) is 14.2 Å². The molecule has 1 aromatic rings. The van der Waals surface area contributed by atoms with Crippen molar-refractivity contribution < 1.29 is 13.5 Å². The van der Waals surface area contributed by atoms with E-state index >= 15 is 0 Å². The molecule has 0 bridgehead atoms. The van der Waals surface area contributed by atoms with Gasteiger partial charge in [0.25, 0.3) is 0 Å². The minimum Gasteiger partial charge on any atom is -0.376 e. The number of rotatable bonds is 4. The quantitative estimate of drug-likeness (QED) is 0.486. The van der Waals surface area contributed by atoms with Crippen LogP contribution in [0.4, 0.5) is 8.78 Å². The second-order valence-electron chi connectivity index (χ2n) is 5.81. The maximum absolute atomic E-state index is 14.4. The number of benzene rings is 1. The van der Waals surface area contributed by atoms with Crippen LogP contribution in [0.3, 0.4) is 0 Å². The molecule has 0 saturated heterocycles. The van der Waals surface area contributed by atoms with E-state index in [9.17, 15) is 8.78 Å². The summed E-state index contributed by atoms with van der Waals surface area (Å²) in [4.78, 5) is 0. The van der Waals surface area contributed by atoms with Gasteiger partial charge in [-0.15, -0.1) is 0 Å². The Morgan fingerprint density at radius 3 is 2.52 bits per heavy atom. The van der Waals surface area contributed by atoms with Crippen LogP contribution in [0.25, 0.3) is 0 Å². The Morgan fingerprint density at radius 2 is 2.00 bits per heavy atom. The van der Waals surface area contributed by atoms with Gasteiger partial charge in [-0.05, 0) is 59.7 Å². The van der Waals surface area contributed by atoms with E-state index in [1.54, 1.807) is 7.11 Å². The van der Waals surface area contributed by atoms with Gasteiger partial charge in [0.05, 0.1) is 16.1 Å². The summed E-state index contributed by atoms with van der Waals surface area (Å²) in [6.45, 7) is 2.17. The summed E-state index contributed by atoms with van der Waals surface area (Å²) >= 11 is 3.10. The first-order valence-corrected chi connectivity index (χ1v) is 7.89. The zero-order chi connectivity index (χ0) is 15.6. The standard InChI is InChI=1S/C15H21BrF2N2O/c1-9-5-7-15(21-2,8-6-9)14(20-19)12-11(17)4-3-10(16)13(12)18/h3-4,9,14,20H,5-8,19H2,1-2H3. The summed E-state index contributed by atoms with van der Waals surface area (Å²) < 4.78 is 34.5. The van der Waals surface area contributed by atoms with Crippen molar-refractivity contribution in [3.8, 4) is 0 Å². The fourth-order valence-electron chi connectivity index (χ4n) is 3.17. The van der Waals surface area contributed by atoms with E-state index in [1.807, 2.05) is 0 Å². The molecular weight excluding hydrogens is 342 g/mol. The Balaban J connectivity index is 2.45. The fraction of sp³-hybridized carbons (Fsp3) is 0.600. The molecule has 3 N–H and O–H groups in total. The minimum absolute atomic E-state index is 0.0664. The normalized spacial score (nSPS) is 27.6. The Kier molecular flexibility index (Phi) is 5.35. The number of halogens is 3. The molecule has 21 heavy (non-hydrogen) atoms. The number of ether oxygens (including phenoxy) is 1. The summed E-state index contributed by atoms with van der Waals surface area (Å²) in [5.74, 6) is 4.98. The molecule has 0 aliphatic heterocycles. The number of hydrazine groups is 1. The molecule has 0 aromatic heterocycles. The number of nitrogens with two attached hydrogens (primary N) is 1. The van der Waals surface area contributed by atoms with Gasteiger partial charge >= 0.3 is 0 Å². The van der Waals surface area contributed by atoms with Crippen molar-refractivity contribution in [1.29, 1.82) is 0 Å². The Labute approximate surface area is 132 Å². The lowest BCUT2D eigenvalue weighted by Gasteiger charge is -2.44. The van der Waals surface area contributed by atoms with Gasteiger partial charge in [-0.2, -0.15) is 0 Å². The lowest BCUT2D eigenvalue weighted by Crippen LogP contribution is -2.50. The lowest BCUT2D eigenvalue weighted by molar-refractivity contribution is -0.0776. The largest absolute Gasteiger partial charge is 0.376 e. The van der Waals surface area contributed by atoms with E-state index in [-0.39, 0.29) is 10.0 Å². The zero-order valence-electron chi connectivity index (χ0n) is 12.3. The van der Waals surface area contributed by atoms with Crippen LogP contribution in [0.1, 0.15) is 44.2 Å². The van der Waals surface area contributed by atoms with Crippen molar-refractivity contribution >= 4 is 15.9 Å². The third-order valence-electron chi connectivity index (χ3n) is 4.59. The monoisotopic (exact) mass is 362 g/mol. The average molecular weight is 363 g/mol. The third-order valence-corrected chi connectivity index (χ3v) is 5.20. The Hall–Kier alpha value is -0.560. The minimum atomic E-state index is -0.729. The summed E-state index contributed by atoms with van der Waals surface area (Å²) in [6.07, 6.45) is 3.32. The predicted octanol–water partition coefficient (Wildman–Crippen LogP) is 3.83. The van der Waals surface area contributed by atoms with Crippen molar-refractivity contribution in [2.45, 2.75) is 44.2 Å². The summed E-state index contributed by atoms with van der Waals surface area (Å²) in [5.41, 5.74) is 1.82. The summed E-state index contributed by atoms with van der Waals surface area (Å²) in [7, 11) is 1.58. The number of nitrogens with one attached hydrogen (secondary N) is 1. The molecular formula is C15H21BrF2N2O. The molecule has 1 unspecified atom stereocenters. The van der Waals surface area contributed by atoms with Gasteiger partial charge in [-0.1, -0.05) is 6.92 Å². The maximum Gasteiger partial charge on any atom is 0.145 e. The van der Waals surface area contributed by atoms with Crippen LogP contribution in [0.5, 0.6) is 0 Å². The number of hydrogen-bond acceptors (Lipinski definition) is 3. The van der Waals surface area contributed by atoms with Crippen molar-refractivity contribution in [3.63, 3.8) is 0 Å². The van der Waals surface area contributed by atoms with Gasteiger partial charge in [-0.3, -0.25) is 5.84 Å². The lowest BCUT2D eigenvalue weighted by atomic mass is 9.73. The van der Waals surface area contributed by atoms with Gasteiger partial charge in [0, 0.05) is 12.7 Å². The summed E-state index contributed by atoms with van der Waals surface area (Å²) in [6, 6.07) is 1.86. The molecule has 1 aromatic carbocycles.